The van der Waals surface area contributed by atoms with Gasteiger partial charge in [-0.05, 0) is 106 Å². The maximum Gasteiger partial charge on any atom is 0.227 e. The van der Waals surface area contributed by atoms with E-state index in [1.54, 1.807) is 0 Å². The molecule has 0 radical (unpaired) electrons. The molecule has 11 aromatic rings. The van der Waals surface area contributed by atoms with Gasteiger partial charge in [0.15, 0.2) is 5.58 Å². The molecule has 2 nitrogen and oxygen atoms in total. The topological polar surface area (TPSA) is 26.0 Å². The van der Waals surface area contributed by atoms with Gasteiger partial charge in [0, 0.05) is 5.56 Å². The molecular weight excluding hydrogens is 667 g/mol. The number of fused-ring (bicyclic) bond motifs is 1. The normalized spacial score (nSPS) is 11.6. The van der Waals surface area contributed by atoms with E-state index in [-0.39, 0.29) is 0 Å². The monoisotopic (exact) mass is 699 g/mol. The van der Waals surface area contributed by atoms with Crippen molar-refractivity contribution in [3.05, 3.63) is 200 Å². The Morgan fingerprint density at radius 1 is 0.309 bits per heavy atom. The van der Waals surface area contributed by atoms with Gasteiger partial charge in [-0.25, -0.2) is 4.98 Å². The highest BCUT2D eigenvalue weighted by atomic mass is 16.3. The summed E-state index contributed by atoms with van der Waals surface area (Å²) in [6.07, 6.45) is 0. The minimum absolute atomic E-state index is 0.617. The Hall–Kier alpha value is -7.29. The van der Waals surface area contributed by atoms with E-state index in [1.165, 1.54) is 65.9 Å². The van der Waals surface area contributed by atoms with Gasteiger partial charge in [0.05, 0.1) is 0 Å². The van der Waals surface area contributed by atoms with E-state index in [9.17, 15) is 0 Å². The van der Waals surface area contributed by atoms with Gasteiger partial charge >= 0.3 is 0 Å². The molecule has 0 fully saturated rings. The van der Waals surface area contributed by atoms with Crippen molar-refractivity contribution in [1.29, 1.82) is 0 Å². The Labute approximate surface area is 318 Å². The van der Waals surface area contributed by atoms with Gasteiger partial charge in [-0.15, -0.1) is 0 Å². The minimum Gasteiger partial charge on any atom is -0.436 e. The number of aromatic nitrogens is 1. The van der Waals surface area contributed by atoms with Gasteiger partial charge < -0.3 is 4.42 Å². The van der Waals surface area contributed by atoms with Gasteiger partial charge in [0.1, 0.15) is 5.52 Å². The molecule has 0 bridgehead atoms. The van der Waals surface area contributed by atoms with Crippen molar-refractivity contribution in [2.75, 3.05) is 0 Å². The number of oxazole rings is 1. The van der Waals surface area contributed by atoms with Crippen molar-refractivity contribution in [3.8, 4) is 67.1 Å². The Morgan fingerprint density at radius 3 is 1.47 bits per heavy atom. The number of rotatable bonds is 6. The lowest BCUT2D eigenvalue weighted by Crippen LogP contribution is -1.94. The molecule has 11 rings (SSSR count). The molecular formula is C53H33NO. The van der Waals surface area contributed by atoms with Gasteiger partial charge in [0.2, 0.25) is 5.89 Å². The summed E-state index contributed by atoms with van der Waals surface area (Å²) in [5.74, 6) is 0.617. The first kappa shape index (κ1) is 31.3. The zero-order valence-electron chi connectivity index (χ0n) is 29.9. The van der Waals surface area contributed by atoms with Crippen LogP contribution in [0, 0.1) is 0 Å². The highest BCUT2D eigenvalue weighted by Gasteiger charge is 2.22. The SMILES string of the molecule is c1ccc(-c2ccc3oc(-c4cc(-c5ccccc5-c5ccccc5)c5ccc6ccc(-c7ccccc7-c7ccccc7)c7ccc4c5c67)nc3c2)cc1. The van der Waals surface area contributed by atoms with Gasteiger partial charge in [0.25, 0.3) is 0 Å². The fraction of sp³-hybridized carbons (Fsp3) is 0. The van der Waals surface area contributed by atoms with Crippen molar-refractivity contribution in [2.45, 2.75) is 0 Å². The lowest BCUT2D eigenvalue weighted by Gasteiger charge is -2.20. The van der Waals surface area contributed by atoms with Crippen LogP contribution in [0.15, 0.2) is 205 Å². The Kier molecular flexibility index (Phi) is 7.21. The highest BCUT2D eigenvalue weighted by Crippen LogP contribution is 2.48. The summed E-state index contributed by atoms with van der Waals surface area (Å²) in [6, 6.07) is 71.7. The quantitative estimate of drug-likeness (QED) is 0.162. The van der Waals surface area contributed by atoms with E-state index in [0.29, 0.717) is 5.89 Å². The molecule has 1 heterocycles. The minimum atomic E-state index is 0.617. The van der Waals surface area contributed by atoms with Gasteiger partial charge in [-0.1, -0.05) is 182 Å². The van der Waals surface area contributed by atoms with Crippen LogP contribution in [0.5, 0.6) is 0 Å². The molecule has 1 aromatic heterocycles. The summed E-state index contributed by atoms with van der Waals surface area (Å²) >= 11 is 0. The summed E-state index contributed by atoms with van der Waals surface area (Å²) in [7, 11) is 0. The first-order valence-electron chi connectivity index (χ1n) is 18.8. The van der Waals surface area contributed by atoms with Crippen LogP contribution in [-0.4, -0.2) is 4.98 Å². The van der Waals surface area contributed by atoms with Crippen molar-refractivity contribution in [1.82, 2.24) is 4.98 Å². The molecule has 55 heavy (non-hydrogen) atoms. The standard InChI is InChI=1S/C53H33NO/c1-4-14-34(15-5-1)38-26-31-50-49(32-38)54-53(55-50)48-33-47(42-23-13-11-21-40(42)36-18-8-3-9-19-36)45-28-25-37-24-27-43(44-29-30-46(48)52(45)51(37)44)41-22-12-10-20-39(41)35-16-6-2-7-17-35/h1-33H. The summed E-state index contributed by atoms with van der Waals surface area (Å²) in [4.78, 5) is 5.21. The van der Waals surface area contributed by atoms with Crippen LogP contribution in [0.4, 0.5) is 0 Å². The van der Waals surface area contributed by atoms with E-state index >= 15 is 0 Å². The number of hydrogen-bond acceptors (Lipinski definition) is 2. The number of hydrogen-bond donors (Lipinski definition) is 0. The first-order valence-corrected chi connectivity index (χ1v) is 18.8. The van der Waals surface area contributed by atoms with E-state index in [4.69, 9.17) is 9.40 Å². The first-order chi connectivity index (χ1) is 27.3. The maximum atomic E-state index is 6.69. The van der Waals surface area contributed by atoms with E-state index in [2.05, 4.69) is 188 Å². The molecule has 0 amide bonds. The summed E-state index contributed by atoms with van der Waals surface area (Å²) < 4.78 is 6.69. The smallest absolute Gasteiger partial charge is 0.227 e. The molecule has 0 saturated heterocycles. The number of nitrogens with zero attached hydrogens (tertiary/aromatic N) is 1. The summed E-state index contributed by atoms with van der Waals surface area (Å²) in [5.41, 5.74) is 14.4. The van der Waals surface area contributed by atoms with Crippen LogP contribution in [0.1, 0.15) is 0 Å². The zero-order valence-corrected chi connectivity index (χ0v) is 29.9. The molecule has 0 N–H and O–H groups in total. The largest absolute Gasteiger partial charge is 0.436 e. The molecule has 0 aliphatic rings. The fourth-order valence-corrected chi connectivity index (χ4v) is 8.56. The molecule has 2 heteroatoms. The Bertz CT molecular complexity index is 3180. The summed E-state index contributed by atoms with van der Waals surface area (Å²) in [5, 5.41) is 7.23. The average Bonchev–Trinajstić information content (AvgIpc) is 3.70. The third-order valence-electron chi connectivity index (χ3n) is 11.1. The van der Waals surface area contributed by atoms with Crippen LogP contribution >= 0.6 is 0 Å². The second-order valence-electron chi connectivity index (χ2n) is 14.2. The maximum absolute atomic E-state index is 6.69. The third-order valence-corrected chi connectivity index (χ3v) is 11.1. The Morgan fingerprint density at radius 2 is 0.818 bits per heavy atom. The van der Waals surface area contributed by atoms with Crippen LogP contribution in [0.2, 0.25) is 0 Å². The van der Waals surface area contributed by atoms with Crippen molar-refractivity contribution in [3.63, 3.8) is 0 Å². The van der Waals surface area contributed by atoms with Gasteiger partial charge in [-0.3, -0.25) is 0 Å². The molecule has 0 spiro atoms. The second kappa shape index (κ2) is 12.7. The van der Waals surface area contributed by atoms with E-state index < -0.39 is 0 Å². The van der Waals surface area contributed by atoms with E-state index in [1.807, 2.05) is 12.1 Å². The zero-order chi connectivity index (χ0) is 36.3. The second-order valence-corrected chi connectivity index (χ2v) is 14.2. The molecule has 256 valence electrons. The van der Waals surface area contributed by atoms with E-state index in [0.717, 1.165) is 38.7 Å². The van der Waals surface area contributed by atoms with Crippen molar-refractivity contribution < 1.29 is 4.42 Å². The number of benzene rings is 10. The predicted octanol–water partition coefficient (Wildman–Crippen LogP) is 14.7. The van der Waals surface area contributed by atoms with Crippen LogP contribution in [0.25, 0.3) is 111 Å². The molecule has 0 saturated carbocycles. The van der Waals surface area contributed by atoms with Crippen LogP contribution in [-0.2, 0) is 0 Å². The van der Waals surface area contributed by atoms with Crippen LogP contribution in [0.3, 0.4) is 0 Å². The predicted molar refractivity (Wildman–Crippen MR) is 230 cm³/mol. The van der Waals surface area contributed by atoms with Crippen molar-refractivity contribution >= 4 is 43.4 Å². The fourth-order valence-electron chi connectivity index (χ4n) is 8.56. The average molecular weight is 700 g/mol. The molecule has 0 aliphatic heterocycles. The van der Waals surface area contributed by atoms with Crippen LogP contribution < -0.4 is 0 Å². The van der Waals surface area contributed by atoms with Gasteiger partial charge in [-0.2, -0.15) is 0 Å². The summed E-state index contributed by atoms with van der Waals surface area (Å²) in [6.45, 7) is 0. The third kappa shape index (κ3) is 5.15. The lowest BCUT2D eigenvalue weighted by atomic mass is 9.83. The lowest BCUT2D eigenvalue weighted by molar-refractivity contribution is 0.620. The molecule has 0 aliphatic carbocycles. The highest BCUT2D eigenvalue weighted by molar-refractivity contribution is 6.30. The Balaban J connectivity index is 1.21. The van der Waals surface area contributed by atoms with Crippen molar-refractivity contribution in [2.24, 2.45) is 0 Å². The molecule has 0 atom stereocenters. The molecule has 0 unspecified atom stereocenters. The molecule has 10 aromatic carbocycles.